The monoisotopic (exact) mass is 516 g/mol. The molecule has 200 valence electrons. The molecule has 2 heterocycles. The number of rotatable bonds is 8. The van der Waals surface area contributed by atoms with Gasteiger partial charge in [0.2, 0.25) is 0 Å². The Bertz CT molecular complexity index is 1360. The summed E-state index contributed by atoms with van der Waals surface area (Å²) in [5, 5.41) is 21.8. The summed E-state index contributed by atoms with van der Waals surface area (Å²) in [5.74, 6) is 1.69. The molecule has 0 saturated heterocycles. The summed E-state index contributed by atoms with van der Waals surface area (Å²) in [6.07, 6.45) is 6.98. The number of allylic oxidation sites excluding steroid dienone is 2. The van der Waals surface area contributed by atoms with Crippen molar-refractivity contribution in [1.82, 2.24) is 14.9 Å². The van der Waals surface area contributed by atoms with Crippen LogP contribution in [0.25, 0.3) is 5.52 Å². The predicted molar refractivity (Wildman–Crippen MR) is 149 cm³/mol. The Morgan fingerprint density at radius 1 is 1.26 bits per heavy atom. The first-order valence-electron chi connectivity index (χ1n) is 13.1. The molecule has 1 aliphatic rings. The van der Waals surface area contributed by atoms with Crippen LogP contribution in [0.3, 0.4) is 0 Å². The topological polar surface area (TPSA) is 104 Å². The summed E-state index contributed by atoms with van der Waals surface area (Å²) in [6.45, 7) is 7.92. The van der Waals surface area contributed by atoms with Crippen LogP contribution in [0.1, 0.15) is 57.6 Å². The van der Waals surface area contributed by atoms with Gasteiger partial charge in [0.1, 0.15) is 29.0 Å². The van der Waals surface area contributed by atoms with Crippen LogP contribution >= 0.6 is 0 Å². The normalized spacial score (nSPS) is 17.6. The molecular formula is C29H36N6O3. The number of hydrogen-bond donors (Lipinski definition) is 2. The molecule has 0 spiro atoms. The number of amides is 1. The first-order valence-corrected chi connectivity index (χ1v) is 13.1. The summed E-state index contributed by atoms with van der Waals surface area (Å²) in [5.41, 5.74) is 3.14. The molecule has 1 aromatic carbocycles. The molecule has 0 bridgehead atoms. The number of nitrogens with zero attached hydrogens (tertiary/aromatic N) is 4. The first-order chi connectivity index (χ1) is 18.4. The van der Waals surface area contributed by atoms with E-state index in [-0.39, 0.29) is 6.04 Å². The Balaban J connectivity index is 1.89. The molecule has 2 aromatic heterocycles. The maximum Gasteiger partial charge on any atom is 0.425 e. The van der Waals surface area contributed by atoms with Crippen molar-refractivity contribution in [1.29, 1.82) is 5.26 Å². The van der Waals surface area contributed by atoms with Gasteiger partial charge in [0.15, 0.2) is 0 Å². The van der Waals surface area contributed by atoms with E-state index in [1.807, 2.05) is 52.1 Å². The summed E-state index contributed by atoms with van der Waals surface area (Å²) < 4.78 is 12.9. The number of hydrogen-bond acceptors (Lipinski definition) is 7. The zero-order valence-electron chi connectivity index (χ0n) is 22.7. The van der Waals surface area contributed by atoms with Crippen LogP contribution < -0.4 is 20.3 Å². The van der Waals surface area contributed by atoms with Gasteiger partial charge >= 0.3 is 6.09 Å². The van der Waals surface area contributed by atoms with Crippen LogP contribution in [-0.4, -0.2) is 41.4 Å². The Hall–Kier alpha value is -4.03. The number of nitriles is 1. The second kappa shape index (κ2) is 12.0. The number of carbonyl (C=O) groups is 1. The van der Waals surface area contributed by atoms with E-state index in [4.69, 9.17) is 9.47 Å². The van der Waals surface area contributed by atoms with Crippen molar-refractivity contribution in [2.24, 2.45) is 0 Å². The molecular weight excluding hydrogens is 480 g/mol. The second-order valence-corrected chi connectivity index (χ2v) is 9.46. The molecule has 38 heavy (non-hydrogen) atoms. The van der Waals surface area contributed by atoms with E-state index in [1.165, 1.54) is 4.90 Å². The highest BCUT2D eigenvalue weighted by Gasteiger charge is 2.30. The average Bonchev–Trinajstić information content (AvgIpc) is 3.41. The zero-order chi connectivity index (χ0) is 27.2. The van der Waals surface area contributed by atoms with Crippen molar-refractivity contribution in [3.8, 4) is 11.8 Å². The molecule has 0 radical (unpaired) electrons. The Kier molecular flexibility index (Phi) is 8.54. The van der Waals surface area contributed by atoms with E-state index in [2.05, 4.69) is 21.8 Å². The van der Waals surface area contributed by atoms with Gasteiger partial charge < -0.3 is 20.1 Å². The van der Waals surface area contributed by atoms with Gasteiger partial charge in [-0.15, -0.1) is 0 Å². The van der Waals surface area contributed by atoms with Crippen molar-refractivity contribution >= 4 is 28.8 Å². The van der Waals surface area contributed by atoms with Gasteiger partial charge in [0, 0.05) is 17.6 Å². The van der Waals surface area contributed by atoms with Crippen molar-refractivity contribution in [3.05, 3.63) is 59.5 Å². The second-order valence-electron chi connectivity index (χ2n) is 9.46. The van der Waals surface area contributed by atoms with E-state index in [1.54, 1.807) is 29.8 Å². The smallest absolute Gasteiger partial charge is 0.425 e. The number of benzene rings is 1. The first kappa shape index (κ1) is 27.0. The zero-order valence-corrected chi connectivity index (χ0v) is 22.7. The van der Waals surface area contributed by atoms with E-state index in [0.717, 1.165) is 31.2 Å². The van der Waals surface area contributed by atoms with Crippen LogP contribution in [0.4, 0.5) is 22.0 Å². The fraction of sp³-hybridized carbons (Fsp3) is 0.414. The van der Waals surface area contributed by atoms with Crippen LogP contribution in [0.15, 0.2) is 48.4 Å². The number of anilines is 3. The molecule has 1 fully saturated rings. The molecule has 2 N–H and O–H groups in total. The lowest BCUT2D eigenvalue weighted by atomic mass is 9.90. The molecule has 4 rings (SSSR count). The summed E-state index contributed by atoms with van der Waals surface area (Å²) in [6, 6.07) is 12.1. The molecule has 0 aliphatic heterocycles. The molecule has 1 aliphatic carbocycles. The Morgan fingerprint density at radius 2 is 2.00 bits per heavy atom. The molecule has 1 amide bonds. The number of aromatic nitrogens is 2. The molecule has 1 saturated carbocycles. The molecule has 2 atom stereocenters. The standard InChI is InChI=1S/C29H36N6O3/c1-6-19(3)38-29(36)34(23-11-13-24(14-12-23)37-7-2)28-20(4)27(25(18-30)26-15-16-32-35(26)28)33-22-10-8-9-21(17-22)31-5/h6,11-16,21-22,31,33H,7-10,17H2,1-5H3/b19-6+. The van der Waals surface area contributed by atoms with E-state index in [0.29, 0.717) is 52.4 Å². The minimum Gasteiger partial charge on any atom is -0.494 e. The third-order valence-corrected chi connectivity index (χ3v) is 7.06. The lowest BCUT2D eigenvalue weighted by molar-refractivity contribution is 0.186. The van der Waals surface area contributed by atoms with Gasteiger partial charge in [-0.25, -0.2) is 14.2 Å². The van der Waals surface area contributed by atoms with Gasteiger partial charge in [-0.2, -0.15) is 10.4 Å². The van der Waals surface area contributed by atoms with E-state index in [9.17, 15) is 10.1 Å². The predicted octanol–water partition coefficient (Wildman–Crippen LogP) is 6.05. The maximum atomic E-state index is 13.7. The minimum atomic E-state index is -0.576. The van der Waals surface area contributed by atoms with Crippen LogP contribution in [0.2, 0.25) is 0 Å². The highest BCUT2D eigenvalue weighted by atomic mass is 16.6. The summed E-state index contributed by atoms with van der Waals surface area (Å²) in [7, 11) is 1.99. The largest absolute Gasteiger partial charge is 0.494 e. The van der Waals surface area contributed by atoms with Crippen molar-refractivity contribution in [2.75, 3.05) is 23.9 Å². The lowest BCUT2D eigenvalue weighted by Gasteiger charge is -2.32. The lowest BCUT2D eigenvalue weighted by Crippen LogP contribution is -2.37. The SMILES string of the molecule is C/C=C(\C)OC(=O)N(c1ccc(OCC)cc1)c1c(C)c(NC2CCCC(NC)C2)c(C#N)c2ccnn12. The highest BCUT2D eigenvalue weighted by Crippen LogP contribution is 2.39. The summed E-state index contributed by atoms with van der Waals surface area (Å²) in [4.78, 5) is 15.2. The molecule has 3 aromatic rings. The number of fused-ring (bicyclic) bond motifs is 1. The number of ether oxygens (including phenoxy) is 2. The fourth-order valence-corrected chi connectivity index (χ4v) is 5.01. The molecule has 9 heteroatoms. The number of carbonyl (C=O) groups excluding carboxylic acids is 1. The fourth-order valence-electron chi connectivity index (χ4n) is 5.01. The number of pyridine rings is 1. The Morgan fingerprint density at radius 3 is 2.66 bits per heavy atom. The molecule has 2 unspecified atom stereocenters. The highest BCUT2D eigenvalue weighted by molar-refractivity contribution is 5.98. The van der Waals surface area contributed by atoms with Gasteiger partial charge in [-0.1, -0.05) is 0 Å². The van der Waals surface area contributed by atoms with Crippen molar-refractivity contribution < 1.29 is 14.3 Å². The number of nitrogens with one attached hydrogen (secondary N) is 2. The summed E-state index contributed by atoms with van der Waals surface area (Å²) >= 11 is 0. The van der Waals surface area contributed by atoms with Gasteiger partial charge in [-0.3, -0.25) is 0 Å². The Labute approximate surface area is 224 Å². The van der Waals surface area contributed by atoms with Crippen molar-refractivity contribution in [2.45, 2.75) is 65.5 Å². The molecule has 9 nitrogen and oxygen atoms in total. The maximum absolute atomic E-state index is 13.7. The van der Waals surface area contributed by atoms with Crippen LogP contribution in [0.5, 0.6) is 5.75 Å². The van der Waals surface area contributed by atoms with Crippen LogP contribution in [-0.2, 0) is 4.74 Å². The van der Waals surface area contributed by atoms with Crippen molar-refractivity contribution in [3.63, 3.8) is 0 Å². The van der Waals surface area contributed by atoms with Gasteiger partial charge in [0.25, 0.3) is 0 Å². The van der Waals surface area contributed by atoms with E-state index < -0.39 is 6.09 Å². The third-order valence-electron chi connectivity index (χ3n) is 7.06. The van der Waals surface area contributed by atoms with E-state index >= 15 is 0 Å². The van der Waals surface area contributed by atoms with Crippen LogP contribution in [0, 0.1) is 18.3 Å². The quantitative estimate of drug-likeness (QED) is 0.351. The average molecular weight is 517 g/mol. The third kappa shape index (κ3) is 5.46. The van der Waals surface area contributed by atoms with Gasteiger partial charge in [0.05, 0.1) is 29.7 Å². The van der Waals surface area contributed by atoms with Gasteiger partial charge in [-0.05, 0) is 96.8 Å². The minimum absolute atomic E-state index is 0.196.